The van der Waals surface area contributed by atoms with Gasteiger partial charge in [-0.15, -0.1) is 11.3 Å². The van der Waals surface area contributed by atoms with Gasteiger partial charge in [0.05, 0.1) is 17.4 Å². The molecule has 0 bridgehead atoms. The number of halogens is 1. The van der Waals surface area contributed by atoms with E-state index in [-0.39, 0.29) is 6.04 Å². The number of benzene rings is 1. The third kappa shape index (κ3) is 2.35. The number of anilines is 1. The van der Waals surface area contributed by atoms with E-state index in [9.17, 15) is 0 Å². The van der Waals surface area contributed by atoms with Gasteiger partial charge < -0.3 is 5.73 Å². The van der Waals surface area contributed by atoms with Crippen molar-refractivity contribution in [2.45, 2.75) is 19.4 Å². The van der Waals surface area contributed by atoms with Crippen LogP contribution >= 0.6 is 22.9 Å². The molecule has 2 N–H and O–H groups in total. The molecule has 104 valence electrons. The summed E-state index contributed by atoms with van der Waals surface area (Å²) in [5.74, 6) is 0. The van der Waals surface area contributed by atoms with Gasteiger partial charge in [0.25, 0.3) is 0 Å². The molecule has 0 saturated heterocycles. The first-order valence-electron chi connectivity index (χ1n) is 6.55. The Morgan fingerprint density at radius 3 is 2.95 bits per heavy atom. The Morgan fingerprint density at radius 1 is 1.40 bits per heavy atom. The van der Waals surface area contributed by atoms with Gasteiger partial charge in [0.15, 0.2) is 0 Å². The van der Waals surface area contributed by atoms with Crippen LogP contribution in [0.2, 0.25) is 5.02 Å². The molecule has 20 heavy (non-hydrogen) atoms. The van der Waals surface area contributed by atoms with Crippen molar-refractivity contribution in [2.24, 2.45) is 10.8 Å². The Morgan fingerprint density at radius 2 is 2.25 bits per heavy atom. The number of hydrazone groups is 1. The van der Waals surface area contributed by atoms with Gasteiger partial charge in [-0.2, -0.15) is 5.10 Å². The molecule has 1 aromatic heterocycles. The number of hydrogen-bond donors (Lipinski definition) is 1. The lowest BCUT2D eigenvalue weighted by atomic mass is 10.1. The van der Waals surface area contributed by atoms with Gasteiger partial charge in [0.1, 0.15) is 0 Å². The second-order valence-electron chi connectivity index (χ2n) is 4.83. The number of rotatable bonds is 3. The standard InChI is InChI=1S/C15H16ClN3S/c1-10-12(16)4-2-5-13(10)19-14(8-11(9-17)18-19)15-6-3-7-20-15/h2-7,14H,8-9,17H2,1H3. The van der Waals surface area contributed by atoms with Crippen LogP contribution in [0, 0.1) is 6.92 Å². The summed E-state index contributed by atoms with van der Waals surface area (Å²) >= 11 is 7.99. The van der Waals surface area contributed by atoms with Crippen molar-refractivity contribution in [3.05, 3.63) is 51.2 Å². The molecule has 1 unspecified atom stereocenters. The largest absolute Gasteiger partial charge is 0.325 e. The van der Waals surface area contributed by atoms with E-state index in [0.717, 1.165) is 28.4 Å². The summed E-state index contributed by atoms with van der Waals surface area (Å²) in [6, 6.07) is 10.4. The molecule has 3 rings (SSSR count). The molecular weight excluding hydrogens is 290 g/mol. The molecule has 2 heterocycles. The topological polar surface area (TPSA) is 41.6 Å². The highest BCUT2D eigenvalue weighted by Gasteiger charge is 2.30. The van der Waals surface area contributed by atoms with Crippen LogP contribution in [0.15, 0.2) is 40.8 Å². The maximum atomic E-state index is 6.24. The predicted octanol–water partition coefficient (Wildman–Crippen LogP) is 3.98. The van der Waals surface area contributed by atoms with Crippen LogP contribution in [0.5, 0.6) is 0 Å². The molecule has 1 atom stereocenters. The fourth-order valence-electron chi connectivity index (χ4n) is 2.46. The van der Waals surface area contributed by atoms with E-state index in [4.69, 9.17) is 17.3 Å². The molecule has 5 heteroatoms. The quantitative estimate of drug-likeness (QED) is 0.932. The smallest absolute Gasteiger partial charge is 0.0920 e. The van der Waals surface area contributed by atoms with Gasteiger partial charge in [-0.1, -0.05) is 23.7 Å². The van der Waals surface area contributed by atoms with Crippen LogP contribution in [-0.2, 0) is 0 Å². The van der Waals surface area contributed by atoms with Crippen molar-refractivity contribution in [1.82, 2.24) is 0 Å². The van der Waals surface area contributed by atoms with E-state index < -0.39 is 0 Å². The fraction of sp³-hybridized carbons (Fsp3) is 0.267. The fourth-order valence-corrected chi connectivity index (χ4v) is 3.45. The third-order valence-electron chi connectivity index (χ3n) is 3.57. The molecule has 0 amide bonds. The van der Waals surface area contributed by atoms with Crippen LogP contribution < -0.4 is 10.7 Å². The minimum atomic E-state index is 0.228. The van der Waals surface area contributed by atoms with E-state index in [1.165, 1.54) is 4.88 Å². The van der Waals surface area contributed by atoms with Crippen molar-refractivity contribution in [3.8, 4) is 0 Å². The van der Waals surface area contributed by atoms with Crippen molar-refractivity contribution >= 4 is 34.3 Å². The van der Waals surface area contributed by atoms with E-state index in [2.05, 4.69) is 33.7 Å². The summed E-state index contributed by atoms with van der Waals surface area (Å²) in [5, 5.41) is 9.62. The molecular formula is C15H16ClN3S. The molecule has 0 fully saturated rings. The Labute approximate surface area is 127 Å². The normalized spacial score (nSPS) is 18.4. The van der Waals surface area contributed by atoms with E-state index in [1.807, 2.05) is 19.1 Å². The first kappa shape index (κ1) is 13.6. The van der Waals surface area contributed by atoms with Gasteiger partial charge in [0, 0.05) is 22.9 Å². The lowest BCUT2D eigenvalue weighted by Crippen LogP contribution is -2.18. The number of thiophene rings is 1. The molecule has 0 spiro atoms. The number of nitrogens with two attached hydrogens (primary N) is 1. The lowest BCUT2D eigenvalue weighted by Gasteiger charge is -2.24. The van der Waals surface area contributed by atoms with E-state index >= 15 is 0 Å². The molecule has 3 nitrogen and oxygen atoms in total. The minimum absolute atomic E-state index is 0.228. The molecule has 0 aliphatic carbocycles. The lowest BCUT2D eigenvalue weighted by molar-refractivity contribution is 0.719. The maximum absolute atomic E-state index is 6.24. The first-order valence-corrected chi connectivity index (χ1v) is 7.80. The summed E-state index contributed by atoms with van der Waals surface area (Å²) in [6.07, 6.45) is 0.878. The van der Waals surface area contributed by atoms with Gasteiger partial charge in [-0.3, -0.25) is 5.01 Å². The van der Waals surface area contributed by atoms with Crippen molar-refractivity contribution < 1.29 is 0 Å². The van der Waals surface area contributed by atoms with Crippen LogP contribution in [0.25, 0.3) is 0 Å². The summed E-state index contributed by atoms with van der Waals surface area (Å²) in [5.41, 5.74) is 8.92. The highest BCUT2D eigenvalue weighted by Crippen LogP contribution is 2.39. The third-order valence-corrected chi connectivity index (χ3v) is 4.95. The van der Waals surface area contributed by atoms with Crippen LogP contribution in [-0.4, -0.2) is 12.3 Å². The van der Waals surface area contributed by atoms with Gasteiger partial charge >= 0.3 is 0 Å². The van der Waals surface area contributed by atoms with Crippen LogP contribution in [0.3, 0.4) is 0 Å². The highest BCUT2D eigenvalue weighted by molar-refractivity contribution is 7.10. The second kappa shape index (κ2) is 5.56. The molecule has 1 aliphatic heterocycles. The number of hydrogen-bond acceptors (Lipinski definition) is 4. The summed E-state index contributed by atoms with van der Waals surface area (Å²) in [7, 11) is 0. The zero-order valence-corrected chi connectivity index (χ0v) is 12.8. The Bertz CT molecular complexity index is 637. The summed E-state index contributed by atoms with van der Waals surface area (Å²) < 4.78 is 0. The summed E-state index contributed by atoms with van der Waals surface area (Å²) in [6.45, 7) is 2.52. The summed E-state index contributed by atoms with van der Waals surface area (Å²) in [4.78, 5) is 1.30. The monoisotopic (exact) mass is 305 g/mol. The predicted molar refractivity (Wildman–Crippen MR) is 86.8 cm³/mol. The Balaban J connectivity index is 2.04. The molecule has 0 saturated carbocycles. The Kier molecular flexibility index (Phi) is 3.78. The molecule has 2 aromatic rings. The minimum Gasteiger partial charge on any atom is -0.325 e. The van der Waals surface area contributed by atoms with Gasteiger partial charge in [-0.25, -0.2) is 0 Å². The van der Waals surface area contributed by atoms with Gasteiger partial charge in [-0.05, 0) is 36.1 Å². The first-order chi connectivity index (χ1) is 9.70. The van der Waals surface area contributed by atoms with Crippen LogP contribution in [0.4, 0.5) is 5.69 Å². The van der Waals surface area contributed by atoms with E-state index in [0.29, 0.717) is 6.54 Å². The maximum Gasteiger partial charge on any atom is 0.0920 e. The SMILES string of the molecule is Cc1c(Cl)cccc1N1N=C(CN)CC1c1cccs1. The van der Waals surface area contributed by atoms with E-state index in [1.54, 1.807) is 11.3 Å². The zero-order valence-electron chi connectivity index (χ0n) is 11.2. The van der Waals surface area contributed by atoms with Crippen molar-refractivity contribution in [1.29, 1.82) is 0 Å². The number of nitrogens with zero attached hydrogens (tertiary/aromatic N) is 2. The van der Waals surface area contributed by atoms with Gasteiger partial charge in [0.2, 0.25) is 0 Å². The van der Waals surface area contributed by atoms with Crippen molar-refractivity contribution in [3.63, 3.8) is 0 Å². The van der Waals surface area contributed by atoms with Crippen LogP contribution in [0.1, 0.15) is 22.9 Å². The molecule has 1 aliphatic rings. The zero-order chi connectivity index (χ0) is 14.1. The van der Waals surface area contributed by atoms with Crippen molar-refractivity contribution in [2.75, 3.05) is 11.6 Å². The second-order valence-corrected chi connectivity index (χ2v) is 6.22. The Hall–Kier alpha value is -1.36. The molecule has 1 aromatic carbocycles. The highest BCUT2D eigenvalue weighted by atomic mass is 35.5. The molecule has 0 radical (unpaired) electrons. The average Bonchev–Trinajstić information content (AvgIpc) is 3.09. The average molecular weight is 306 g/mol.